The molecule has 1 rings (SSSR count). The first-order valence-electron chi connectivity index (χ1n) is 3.81. The maximum atomic E-state index is 11.7. The Morgan fingerprint density at radius 3 is 2.50 bits per heavy atom. The molecule has 0 unspecified atom stereocenters. The van der Waals surface area contributed by atoms with Crippen molar-refractivity contribution in [3.63, 3.8) is 0 Å². The number of rotatable bonds is 4. The smallest absolute Gasteiger partial charge is 0.115 e. The number of thioether (sulfide) groups is 1. The first-order chi connectivity index (χ1) is 5.83. The van der Waals surface area contributed by atoms with E-state index in [1.54, 1.807) is 23.9 Å². The molecule has 66 valence electrons. The van der Waals surface area contributed by atoms with Gasteiger partial charge in [0, 0.05) is 10.6 Å². The van der Waals surface area contributed by atoms with Crippen molar-refractivity contribution in [2.75, 3.05) is 12.4 Å². The van der Waals surface area contributed by atoms with E-state index in [4.69, 9.17) is 5.11 Å². The van der Waals surface area contributed by atoms with Gasteiger partial charge >= 0.3 is 0 Å². The number of phenols is 1. The first kappa shape index (κ1) is 9.39. The minimum absolute atomic E-state index is 0.259. The van der Waals surface area contributed by atoms with Crippen LogP contribution in [0.2, 0.25) is 0 Å². The lowest BCUT2D eigenvalue weighted by molar-refractivity contribution is 0.475. The molecule has 1 aromatic rings. The van der Waals surface area contributed by atoms with Gasteiger partial charge in [0.15, 0.2) is 0 Å². The number of halogens is 1. The summed E-state index contributed by atoms with van der Waals surface area (Å²) in [4.78, 5) is 1.07. The fourth-order valence-electron chi connectivity index (χ4n) is 0.787. The number of hydrogen-bond acceptors (Lipinski definition) is 2. The van der Waals surface area contributed by atoms with Crippen molar-refractivity contribution in [3.8, 4) is 5.75 Å². The second-order valence-corrected chi connectivity index (χ2v) is 3.55. The van der Waals surface area contributed by atoms with E-state index in [1.807, 2.05) is 12.1 Å². The van der Waals surface area contributed by atoms with Gasteiger partial charge in [0.05, 0.1) is 6.67 Å². The van der Waals surface area contributed by atoms with E-state index < -0.39 is 0 Å². The highest BCUT2D eigenvalue weighted by Crippen LogP contribution is 2.20. The molecule has 0 aliphatic rings. The molecule has 0 saturated carbocycles. The Kier molecular flexibility index (Phi) is 3.94. The highest BCUT2D eigenvalue weighted by atomic mass is 32.2. The maximum Gasteiger partial charge on any atom is 0.115 e. The van der Waals surface area contributed by atoms with E-state index in [-0.39, 0.29) is 12.4 Å². The predicted molar refractivity (Wildman–Crippen MR) is 49.4 cm³/mol. The van der Waals surface area contributed by atoms with E-state index in [2.05, 4.69) is 0 Å². The summed E-state index contributed by atoms with van der Waals surface area (Å²) in [5.41, 5.74) is 0. The highest BCUT2D eigenvalue weighted by Gasteiger charge is 1.93. The third kappa shape index (κ3) is 3.13. The molecule has 3 heteroatoms. The molecule has 0 amide bonds. The SMILES string of the molecule is Oc1ccc(SCCCF)cc1. The second kappa shape index (κ2) is 5.04. The second-order valence-electron chi connectivity index (χ2n) is 2.38. The van der Waals surface area contributed by atoms with Crippen molar-refractivity contribution < 1.29 is 9.50 Å². The van der Waals surface area contributed by atoms with Gasteiger partial charge in [-0.25, -0.2) is 0 Å². The molecule has 0 fully saturated rings. The molecule has 1 aromatic carbocycles. The van der Waals surface area contributed by atoms with Crippen LogP contribution in [0.4, 0.5) is 4.39 Å². The Morgan fingerprint density at radius 2 is 1.92 bits per heavy atom. The summed E-state index contributed by atoms with van der Waals surface area (Å²) in [7, 11) is 0. The average molecular weight is 186 g/mol. The predicted octanol–water partition coefficient (Wildman–Crippen LogP) is 2.84. The average Bonchev–Trinajstić information content (AvgIpc) is 2.09. The Hall–Kier alpha value is -0.700. The molecule has 0 aliphatic heterocycles. The monoisotopic (exact) mass is 186 g/mol. The summed E-state index contributed by atoms with van der Waals surface area (Å²) in [5.74, 6) is 1.06. The molecule has 1 N–H and O–H groups in total. The number of hydrogen-bond donors (Lipinski definition) is 1. The molecule has 0 heterocycles. The lowest BCUT2D eigenvalue weighted by Crippen LogP contribution is -1.80. The summed E-state index contributed by atoms with van der Waals surface area (Å²) in [6.07, 6.45) is 0.589. The molecular weight excluding hydrogens is 175 g/mol. The van der Waals surface area contributed by atoms with Crippen molar-refractivity contribution >= 4 is 11.8 Å². The van der Waals surface area contributed by atoms with Crippen LogP contribution in [0, 0.1) is 0 Å². The minimum atomic E-state index is -0.259. The van der Waals surface area contributed by atoms with Gasteiger partial charge < -0.3 is 5.11 Å². The van der Waals surface area contributed by atoms with Crippen LogP contribution in [0.3, 0.4) is 0 Å². The molecular formula is C9H11FOS. The normalized spacial score (nSPS) is 10.1. The van der Waals surface area contributed by atoms with Crippen LogP contribution in [0.15, 0.2) is 29.2 Å². The van der Waals surface area contributed by atoms with Crippen LogP contribution >= 0.6 is 11.8 Å². The fraction of sp³-hybridized carbons (Fsp3) is 0.333. The molecule has 0 aliphatic carbocycles. The van der Waals surface area contributed by atoms with E-state index >= 15 is 0 Å². The standard InChI is InChI=1S/C9H11FOS/c10-6-1-7-12-9-4-2-8(11)3-5-9/h2-5,11H,1,6-7H2. The van der Waals surface area contributed by atoms with Gasteiger partial charge in [-0.1, -0.05) is 0 Å². The Balaban J connectivity index is 2.37. The van der Waals surface area contributed by atoms with Crippen molar-refractivity contribution in [1.82, 2.24) is 0 Å². The molecule has 1 nitrogen and oxygen atoms in total. The van der Waals surface area contributed by atoms with Gasteiger partial charge in [0.25, 0.3) is 0 Å². The lowest BCUT2D eigenvalue weighted by Gasteiger charge is -1.98. The molecule has 0 atom stereocenters. The van der Waals surface area contributed by atoms with Crippen molar-refractivity contribution in [3.05, 3.63) is 24.3 Å². The quantitative estimate of drug-likeness (QED) is 0.576. The zero-order chi connectivity index (χ0) is 8.81. The number of aromatic hydroxyl groups is 1. The van der Waals surface area contributed by atoms with Crippen molar-refractivity contribution in [2.24, 2.45) is 0 Å². The van der Waals surface area contributed by atoms with Crippen LogP contribution in [-0.2, 0) is 0 Å². The zero-order valence-electron chi connectivity index (χ0n) is 6.66. The van der Waals surface area contributed by atoms with Crippen LogP contribution in [0.25, 0.3) is 0 Å². The van der Waals surface area contributed by atoms with Crippen LogP contribution in [0.5, 0.6) is 5.75 Å². The van der Waals surface area contributed by atoms with Crippen molar-refractivity contribution in [2.45, 2.75) is 11.3 Å². The summed E-state index contributed by atoms with van der Waals surface area (Å²) in [5, 5.41) is 8.96. The fourth-order valence-corrected chi connectivity index (χ4v) is 1.60. The van der Waals surface area contributed by atoms with E-state index in [0.29, 0.717) is 6.42 Å². The molecule has 0 spiro atoms. The highest BCUT2D eigenvalue weighted by molar-refractivity contribution is 7.99. The number of benzene rings is 1. The maximum absolute atomic E-state index is 11.7. The summed E-state index contributed by atoms with van der Waals surface area (Å²) >= 11 is 1.60. The van der Waals surface area contributed by atoms with Crippen LogP contribution in [-0.4, -0.2) is 17.5 Å². The number of phenolic OH excluding ortho intramolecular Hbond substituents is 1. The summed E-state index contributed by atoms with van der Waals surface area (Å²) < 4.78 is 11.7. The molecule has 0 saturated heterocycles. The van der Waals surface area contributed by atoms with E-state index in [1.165, 1.54) is 0 Å². The molecule has 0 aromatic heterocycles. The Labute approximate surface area is 75.6 Å². The number of alkyl halides is 1. The molecule has 0 bridgehead atoms. The van der Waals surface area contributed by atoms with Crippen molar-refractivity contribution in [1.29, 1.82) is 0 Å². The molecule has 0 radical (unpaired) electrons. The topological polar surface area (TPSA) is 20.2 Å². The van der Waals surface area contributed by atoms with Gasteiger partial charge in [-0.3, -0.25) is 4.39 Å². The van der Waals surface area contributed by atoms with Gasteiger partial charge in [-0.05, 0) is 30.7 Å². The minimum Gasteiger partial charge on any atom is -0.508 e. The molecule has 12 heavy (non-hydrogen) atoms. The van der Waals surface area contributed by atoms with Gasteiger partial charge in [0.1, 0.15) is 5.75 Å². The van der Waals surface area contributed by atoms with Gasteiger partial charge in [-0.2, -0.15) is 0 Å². The Bertz CT molecular complexity index is 222. The van der Waals surface area contributed by atoms with E-state index in [0.717, 1.165) is 10.6 Å². The van der Waals surface area contributed by atoms with Gasteiger partial charge in [-0.15, -0.1) is 11.8 Å². The largest absolute Gasteiger partial charge is 0.508 e. The zero-order valence-corrected chi connectivity index (χ0v) is 7.48. The lowest BCUT2D eigenvalue weighted by atomic mass is 10.3. The third-order valence-corrected chi connectivity index (χ3v) is 2.48. The van der Waals surface area contributed by atoms with Crippen LogP contribution in [0.1, 0.15) is 6.42 Å². The Morgan fingerprint density at radius 1 is 1.25 bits per heavy atom. The summed E-state index contributed by atoms with van der Waals surface area (Å²) in [6, 6.07) is 6.94. The van der Waals surface area contributed by atoms with Gasteiger partial charge in [0.2, 0.25) is 0 Å². The first-order valence-corrected chi connectivity index (χ1v) is 4.79. The third-order valence-electron chi connectivity index (χ3n) is 1.38. The van der Waals surface area contributed by atoms with E-state index in [9.17, 15) is 4.39 Å². The van der Waals surface area contributed by atoms with Crippen LogP contribution < -0.4 is 0 Å². The summed E-state index contributed by atoms with van der Waals surface area (Å²) in [6.45, 7) is -0.259.